The van der Waals surface area contributed by atoms with Gasteiger partial charge in [-0.25, -0.2) is 18.1 Å². The Morgan fingerprint density at radius 3 is 2.44 bits per heavy atom. The number of thiophene rings is 1. The molecule has 1 heterocycles. The molecule has 86 valence electrons. The zero-order chi connectivity index (χ0) is 12.5. The zero-order valence-corrected chi connectivity index (χ0v) is 10.1. The number of rotatable bonds is 2. The van der Waals surface area contributed by atoms with Gasteiger partial charge in [-0.3, -0.25) is 0 Å². The molecule has 0 spiro atoms. The molecule has 1 rings (SSSR count). The lowest BCUT2D eigenvalue weighted by atomic mass is 10.3. The molecule has 0 amide bonds. The Morgan fingerprint density at radius 2 is 2.12 bits per heavy atom. The van der Waals surface area contributed by atoms with Gasteiger partial charge in [-0.1, -0.05) is 0 Å². The molecule has 0 aliphatic carbocycles. The van der Waals surface area contributed by atoms with Crippen molar-refractivity contribution < 1.29 is 17.9 Å². The average Bonchev–Trinajstić information content (AvgIpc) is 2.53. The highest BCUT2D eigenvalue weighted by molar-refractivity contribution is 7.93. The molecule has 0 aliphatic rings. The fourth-order valence-electron chi connectivity index (χ4n) is 1.01. The molecule has 8 heteroatoms. The third kappa shape index (κ3) is 2.00. The van der Waals surface area contributed by atoms with Crippen molar-refractivity contribution in [3.63, 3.8) is 0 Å². The number of nitrogens with zero attached hydrogens (tertiary/aromatic N) is 1. The van der Waals surface area contributed by atoms with Crippen molar-refractivity contribution in [2.45, 2.75) is 4.21 Å². The third-order valence-electron chi connectivity index (χ3n) is 1.71. The van der Waals surface area contributed by atoms with E-state index in [-0.39, 0.29) is 20.5 Å². The van der Waals surface area contributed by atoms with Gasteiger partial charge in [0, 0.05) is 6.26 Å². The molecule has 0 saturated carbocycles. The van der Waals surface area contributed by atoms with E-state index in [0.29, 0.717) is 11.3 Å². The zero-order valence-electron chi connectivity index (χ0n) is 8.47. The molecular formula is C8H8N2O4S2. The summed E-state index contributed by atoms with van der Waals surface area (Å²) in [6.45, 7) is 6.85. The van der Waals surface area contributed by atoms with Crippen LogP contribution in [-0.2, 0) is 14.6 Å². The molecule has 1 aromatic heterocycles. The van der Waals surface area contributed by atoms with Crippen molar-refractivity contribution >= 4 is 38.5 Å². The fraction of sp³-hybridized carbons (Fsp3) is 0.250. The van der Waals surface area contributed by atoms with Crippen LogP contribution in [-0.4, -0.2) is 27.8 Å². The first-order valence-corrected chi connectivity index (χ1v) is 6.61. The predicted octanol–water partition coefficient (Wildman–Crippen LogP) is 1.07. The van der Waals surface area contributed by atoms with Crippen LogP contribution in [0, 0.1) is 6.57 Å². The molecule has 0 bridgehead atoms. The second-order valence-electron chi connectivity index (χ2n) is 2.86. The minimum absolute atomic E-state index is 0.0612. The van der Waals surface area contributed by atoms with Crippen LogP contribution in [0.2, 0.25) is 0 Å². The number of carbonyl (C=O) groups excluding carboxylic acids is 1. The Bertz CT molecular complexity index is 580. The van der Waals surface area contributed by atoms with Crippen molar-refractivity contribution in [2.24, 2.45) is 0 Å². The van der Waals surface area contributed by atoms with Crippen LogP contribution in [0.25, 0.3) is 4.85 Å². The summed E-state index contributed by atoms with van der Waals surface area (Å²) in [5.41, 5.74) is 5.16. The predicted molar refractivity (Wildman–Crippen MR) is 59.4 cm³/mol. The van der Waals surface area contributed by atoms with Crippen molar-refractivity contribution in [2.75, 3.05) is 19.1 Å². The van der Waals surface area contributed by atoms with E-state index in [1.807, 2.05) is 0 Å². The van der Waals surface area contributed by atoms with E-state index in [4.69, 9.17) is 12.3 Å². The number of hydrogen-bond acceptors (Lipinski definition) is 6. The van der Waals surface area contributed by atoms with E-state index in [1.165, 1.54) is 0 Å². The molecule has 0 aromatic carbocycles. The number of nitrogens with two attached hydrogens (primary N) is 1. The number of anilines is 1. The molecule has 0 atom stereocenters. The van der Waals surface area contributed by atoms with E-state index >= 15 is 0 Å². The van der Waals surface area contributed by atoms with Gasteiger partial charge in [-0.2, -0.15) is 0 Å². The maximum absolute atomic E-state index is 11.3. The van der Waals surface area contributed by atoms with Gasteiger partial charge in [0.25, 0.3) is 0 Å². The lowest BCUT2D eigenvalue weighted by Crippen LogP contribution is -2.01. The molecule has 2 N–H and O–H groups in total. The maximum atomic E-state index is 11.3. The highest BCUT2D eigenvalue weighted by Gasteiger charge is 2.26. The van der Waals surface area contributed by atoms with Crippen LogP contribution in [0.1, 0.15) is 9.67 Å². The van der Waals surface area contributed by atoms with E-state index in [0.717, 1.165) is 13.4 Å². The van der Waals surface area contributed by atoms with E-state index in [2.05, 4.69) is 9.58 Å². The van der Waals surface area contributed by atoms with Gasteiger partial charge >= 0.3 is 5.97 Å². The first kappa shape index (κ1) is 12.5. The monoisotopic (exact) mass is 260 g/mol. The molecule has 0 saturated heterocycles. The normalized spacial score (nSPS) is 10.8. The third-order valence-corrected chi connectivity index (χ3v) is 4.70. The summed E-state index contributed by atoms with van der Waals surface area (Å²) in [6, 6.07) is 0. The Hall–Kier alpha value is -1.59. The molecule has 1 aromatic rings. The molecule has 0 radical (unpaired) electrons. The lowest BCUT2D eigenvalue weighted by molar-refractivity contribution is 0.0607. The number of hydrogen-bond donors (Lipinski definition) is 1. The summed E-state index contributed by atoms with van der Waals surface area (Å²) in [4.78, 5) is 14.2. The minimum atomic E-state index is -3.57. The maximum Gasteiger partial charge on any atom is 0.348 e. The van der Waals surface area contributed by atoms with Crippen molar-refractivity contribution in [3.8, 4) is 0 Å². The first-order chi connectivity index (χ1) is 7.32. The second-order valence-corrected chi connectivity index (χ2v) is 6.09. The molecule has 16 heavy (non-hydrogen) atoms. The Balaban J connectivity index is 3.57. The molecule has 0 aliphatic heterocycles. The summed E-state index contributed by atoms with van der Waals surface area (Å²) >= 11 is 0.649. The summed E-state index contributed by atoms with van der Waals surface area (Å²) in [6.07, 6.45) is 0.952. The average molecular weight is 260 g/mol. The highest BCUT2D eigenvalue weighted by Crippen LogP contribution is 2.41. The van der Waals surface area contributed by atoms with Gasteiger partial charge in [-0.05, 0) is 0 Å². The summed E-state index contributed by atoms with van der Waals surface area (Å²) in [7, 11) is -2.42. The van der Waals surface area contributed by atoms with Crippen molar-refractivity contribution in [3.05, 3.63) is 16.3 Å². The molecule has 0 fully saturated rings. The highest BCUT2D eigenvalue weighted by atomic mass is 32.2. The fourth-order valence-corrected chi connectivity index (χ4v) is 3.19. The van der Waals surface area contributed by atoms with Gasteiger partial charge in [-0.15, -0.1) is 11.3 Å². The van der Waals surface area contributed by atoms with Gasteiger partial charge in [0.05, 0.1) is 19.4 Å². The summed E-state index contributed by atoms with van der Waals surface area (Å²) in [5, 5.41) is 0. The SMILES string of the molecule is [C-]#[N+]c1c(S(C)(=O)=O)sc(C(=O)OC)c1N. The van der Waals surface area contributed by atoms with Gasteiger partial charge in [0.2, 0.25) is 5.69 Å². The number of nitrogen functional groups attached to an aromatic ring is 1. The molecule has 6 nitrogen and oxygen atoms in total. The van der Waals surface area contributed by atoms with Crippen LogP contribution >= 0.6 is 11.3 Å². The van der Waals surface area contributed by atoms with Crippen LogP contribution in [0.4, 0.5) is 11.4 Å². The summed E-state index contributed by atoms with van der Waals surface area (Å²) in [5.74, 6) is -0.748. The number of methoxy groups -OCH3 is 1. The second kappa shape index (κ2) is 4.11. The Labute approximate surface area is 96.4 Å². The van der Waals surface area contributed by atoms with E-state index < -0.39 is 15.8 Å². The number of ether oxygens (including phenoxy) is 1. The number of carbonyl (C=O) groups is 1. The minimum Gasteiger partial charge on any atom is -0.465 e. The molecular weight excluding hydrogens is 252 g/mol. The standard InChI is InChI=1S/C8H8N2O4S2/c1-10-5-4(9)6(7(11)14-2)15-8(5)16(3,12)13/h9H2,2-3H3. The Kier molecular flexibility index (Phi) is 3.21. The van der Waals surface area contributed by atoms with Crippen molar-refractivity contribution in [1.82, 2.24) is 0 Å². The van der Waals surface area contributed by atoms with Gasteiger partial charge in [0.15, 0.2) is 9.84 Å². The number of esters is 1. The quantitative estimate of drug-likeness (QED) is 0.634. The number of sulfone groups is 1. The van der Waals surface area contributed by atoms with Crippen LogP contribution in [0.15, 0.2) is 4.21 Å². The van der Waals surface area contributed by atoms with Gasteiger partial charge < -0.3 is 10.5 Å². The first-order valence-electron chi connectivity index (χ1n) is 3.91. The van der Waals surface area contributed by atoms with E-state index in [1.54, 1.807) is 0 Å². The van der Waals surface area contributed by atoms with Crippen LogP contribution < -0.4 is 5.73 Å². The molecule has 0 unspecified atom stereocenters. The van der Waals surface area contributed by atoms with Crippen LogP contribution in [0.3, 0.4) is 0 Å². The Morgan fingerprint density at radius 1 is 1.56 bits per heavy atom. The van der Waals surface area contributed by atoms with Crippen molar-refractivity contribution in [1.29, 1.82) is 0 Å². The lowest BCUT2D eigenvalue weighted by Gasteiger charge is -1.95. The van der Waals surface area contributed by atoms with E-state index in [9.17, 15) is 13.2 Å². The topological polar surface area (TPSA) is 90.8 Å². The van der Waals surface area contributed by atoms with Gasteiger partial charge in [0.1, 0.15) is 9.09 Å². The van der Waals surface area contributed by atoms with Crippen LogP contribution in [0.5, 0.6) is 0 Å². The smallest absolute Gasteiger partial charge is 0.348 e. The summed E-state index contributed by atoms with van der Waals surface area (Å²) < 4.78 is 26.9. The largest absolute Gasteiger partial charge is 0.465 e.